The topological polar surface area (TPSA) is 70.8 Å². The Morgan fingerprint density at radius 3 is 2.54 bits per heavy atom. The van der Waals surface area contributed by atoms with Crippen LogP contribution in [-0.4, -0.2) is 16.0 Å². The third-order valence-electron chi connectivity index (χ3n) is 3.75. The van der Waals surface area contributed by atoms with Gasteiger partial charge < -0.3 is 10.7 Å². The SMILES string of the molecule is Cc1cn(-c2ccccc2F)nc(/C(=C/C=N)Nc2ccccc2)c1=O. The van der Waals surface area contributed by atoms with E-state index in [4.69, 9.17) is 5.41 Å². The maximum atomic E-state index is 14.1. The van der Waals surface area contributed by atoms with E-state index in [-0.39, 0.29) is 16.8 Å². The zero-order valence-corrected chi connectivity index (χ0v) is 14.1. The Balaban J connectivity index is 2.13. The van der Waals surface area contributed by atoms with Crippen molar-refractivity contribution in [2.75, 3.05) is 5.32 Å². The number of benzene rings is 2. The van der Waals surface area contributed by atoms with Crippen LogP contribution in [0, 0.1) is 18.2 Å². The van der Waals surface area contributed by atoms with E-state index >= 15 is 0 Å². The Kier molecular flexibility index (Phi) is 5.03. The first-order chi connectivity index (χ1) is 12.6. The Labute approximate surface area is 149 Å². The van der Waals surface area contributed by atoms with Crippen molar-refractivity contribution in [2.45, 2.75) is 6.92 Å². The smallest absolute Gasteiger partial charge is 0.212 e. The van der Waals surface area contributed by atoms with Gasteiger partial charge in [0.15, 0.2) is 5.69 Å². The molecule has 0 atom stereocenters. The Bertz CT molecular complexity index is 1030. The molecular formula is C20H17FN4O. The lowest BCUT2D eigenvalue weighted by atomic mass is 10.2. The highest BCUT2D eigenvalue weighted by atomic mass is 19.1. The van der Waals surface area contributed by atoms with Crippen LogP contribution in [0.3, 0.4) is 0 Å². The zero-order chi connectivity index (χ0) is 18.5. The molecule has 2 aromatic carbocycles. The van der Waals surface area contributed by atoms with E-state index in [9.17, 15) is 9.18 Å². The number of halogens is 1. The molecule has 0 spiro atoms. The molecule has 0 bridgehead atoms. The molecule has 0 aliphatic rings. The van der Waals surface area contributed by atoms with Crippen molar-refractivity contribution in [3.8, 4) is 5.69 Å². The van der Waals surface area contributed by atoms with Crippen LogP contribution in [0.4, 0.5) is 10.1 Å². The molecule has 1 heterocycles. The highest BCUT2D eigenvalue weighted by Gasteiger charge is 2.14. The summed E-state index contributed by atoms with van der Waals surface area (Å²) in [6.07, 6.45) is 4.01. The van der Waals surface area contributed by atoms with Gasteiger partial charge in [-0.1, -0.05) is 30.3 Å². The molecular weight excluding hydrogens is 331 g/mol. The van der Waals surface area contributed by atoms with Crippen LogP contribution in [0.1, 0.15) is 11.3 Å². The monoisotopic (exact) mass is 348 g/mol. The number of allylic oxidation sites excluding steroid dienone is 1. The molecule has 0 amide bonds. The quantitative estimate of drug-likeness (QED) is 0.689. The van der Waals surface area contributed by atoms with E-state index in [0.29, 0.717) is 11.3 Å². The van der Waals surface area contributed by atoms with Gasteiger partial charge in [0.1, 0.15) is 11.5 Å². The van der Waals surface area contributed by atoms with Crippen molar-refractivity contribution in [3.63, 3.8) is 0 Å². The molecule has 0 aliphatic carbocycles. The molecule has 0 saturated heterocycles. The minimum absolute atomic E-state index is 0.112. The highest BCUT2D eigenvalue weighted by molar-refractivity contribution is 5.87. The number of rotatable bonds is 5. The van der Waals surface area contributed by atoms with Gasteiger partial charge in [0.05, 0.1) is 5.70 Å². The molecule has 130 valence electrons. The second-order valence-corrected chi connectivity index (χ2v) is 5.62. The first kappa shape index (κ1) is 17.3. The molecule has 3 rings (SSSR count). The van der Waals surface area contributed by atoms with Gasteiger partial charge in [0.25, 0.3) is 0 Å². The van der Waals surface area contributed by atoms with Gasteiger partial charge in [-0.25, -0.2) is 9.07 Å². The first-order valence-electron chi connectivity index (χ1n) is 7.99. The number of anilines is 1. The third-order valence-corrected chi connectivity index (χ3v) is 3.75. The standard InChI is InChI=1S/C20H17FN4O/c1-14-13-25(18-10-6-5-9-16(18)21)24-19(20(14)26)17(11-12-22)23-15-7-3-2-4-8-15/h2-13,22-23H,1H3/b17-11-,22-12?. The van der Waals surface area contributed by atoms with Crippen molar-refractivity contribution in [3.05, 3.63) is 94.2 Å². The van der Waals surface area contributed by atoms with Gasteiger partial charge in [0.2, 0.25) is 5.43 Å². The summed E-state index contributed by atoms with van der Waals surface area (Å²) < 4.78 is 15.5. The van der Waals surface area contributed by atoms with Gasteiger partial charge in [-0.3, -0.25) is 4.79 Å². The van der Waals surface area contributed by atoms with Crippen LogP contribution in [0.25, 0.3) is 11.4 Å². The lowest BCUT2D eigenvalue weighted by molar-refractivity contribution is 0.607. The summed E-state index contributed by atoms with van der Waals surface area (Å²) in [4.78, 5) is 12.6. The van der Waals surface area contributed by atoms with E-state index in [0.717, 1.165) is 11.9 Å². The maximum Gasteiger partial charge on any atom is 0.212 e. The lowest BCUT2D eigenvalue weighted by Crippen LogP contribution is -2.21. The van der Waals surface area contributed by atoms with Crippen molar-refractivity contribution < 1.29 is 4.39 Å². The molecule has 0 saturated carbocycles. The van der Waals surface area contributed by atoms with Crippen molar-refractivity contribution in [1.29, 1.82) is 5.41 Å². The van der Waals surface area contributed by atoms with Crippen LogP contribution in [0.2, 0.25) is 0 Å². The van der Waals surface area contributed by atoms with Gasteiger partial charge in [0, 0.05) is 23.7 Å². The normalized spacial score (nSPS) is 11.2. The van der Waals surface area contributed by atoms with Gasteiger partial charge >= 0.3 is 0 Å². The summed E-state index contributed by atoms with van der Waals surface area (Å²) in [6, 6.07) is 15.5. The van der Waals surface area contributed by atoms with E-state index in [1.807, 2.05) is 30.3 Å². The molecule has 0 radical (unpaired) electrons. The number of para-hydroxylation sites is 2. The second-order valence-electron chi connectivity index (χ2n) is 5.62. The van der Waals surface area contributed by atoms with Crippen LogP contribution < -0.4 is 10.7 Å². The predicted molar refractivity (Wildman–Crippen MR) is 101 cm³/mol. The lowest BCUT2D eigenvalue weighted by Gasteiger charge is -2.13. The molecule has 0 fully saturated rings. The summed E-state index contributed by atoms with van der Waals surface area (Å²) in [5.74, 6) is -0.442. The Morgan fingerprint density at radius 2 is 1.85 bits per heavy atom. The fourth-order valence-corrected chi connectivity index (χ4v) is 2.49. The molecule has 3 aromatic rings. The molecule has 1 aromatic heterocycles. The van der Waals surface area contributed by atoms with Crippen molar-refractivity contribution >= 4 is 17.6 Å². The molecule has 2 N–H and O–H groups in total. The average molecular weight is 348 g/mol. The minimum Gasteiger partial charge on any atom is -0.354 e. The third kappa shape index (κ3) is 3.59. The van der Waals surface area contributed by atoms with Crippen LogP contribution in [0.15, 0.2) is 71.7 Å². The largest absolute Gasteiger partial charge is 0.354 e. The summed E-state index contributed by atoms with van der Waals surface area (Å²) in [7, 11) is 0. The molecule has 5 nitrogen and oxygen atoms in total. The fraction of sp³-hybridized carbons (Fsp3) is 0.0500. The fourth-order valence-electron chi connectivity index (χ4n) is 2.49. The summed E-state index contributed by atoms with van der Waals surface area (Å²) in [6.45, 7) is 1.65. The number of aryl methyl sites for hydroxylation is 1. The second kappa shape index (κ2) is 7.57. The van der Waals surface area contributed by atoms with E-state index in [1.54, 1.807) is 25.1 Å². The Hall–Kier alpha value is -3.54. The van der Waals surface area contributed by atoms with Crippen molar-refractivity contribution in [2.24, 2.45) is 0 Å². The zero-order valence-electron chi connectivity index (χ0n) is 14.1. The number of hydrogen-bond acceptors (Lipinski definition) is 4. The predicted octanol–water partition coefficient (Wildman–Crippen LogP) is 3.78. The first-order valence-corrected chi connectivity index (χ1v) is 7.99. The maximum absolute atomic E-state index is 14.1. The van der Waals surface area contributed by atoms with Crippen molar-refractivity contribution in [1.82, 2.24) is 9.78 Å². The molecule has 26 heavy (non-hydrogen) atoms. The number of nitrogens with zero attached hydrogens (tertiary/aromatic N) is 2. The average Bonchev–Trinajstić information content (AvgIpc) is 2.65. The molecule has 6 heteroatoms. The minimum atomic E-state index is -0.442. The van der Waals surface area contributed by atoms with Crippen LogP contribution >= 0.6 is 0 Å². The van der Waals surface area contributed by atoms with Gasteiger partial charge in [-0.15, -0.1) is 0 Å². The number of aromatic nitrogens is 2. The van der Waals surface area contributed by atoms with E-state index in [2.05, 4.69) is 10.4 Å². The summed E-state index contributed by atoms with van der Waals surface area (Å²) >= 11 is 0. The van der Waals surface area contributed by atoms with Crippen LogP contribution in [0.5, 0.6) is 0 Å². The van der Waals surface area contributed by atoms with Gasteiger partial charge in [-0.2, -0.15) is 5.10 Å². The number of nitrogens with one attached hydrogen (secondary N) is 2. The highest BCUT2D eigenvalue weighted by Crippen LogP contribution is 2.17. The van der Waals surface area contributed by atoms with Crippen LogP contribution in [-0.2, 0) is 0 Å². The van der Waals surface area contributed by atoms with Gasteiger partial charge in [-0.05, 0) is 37.3 Å². The van der Waals surface area contributed by atoms with E-state index < -0.39 is 5.82 Å². The number of hydrogen-bond donors (Lipinski definition) is 2. The van der Waals surface area contributed by atoms with E-state index in [1.165, 1.54) is 23.0 Å². The molecule has 0 aliphatic heterocycles. The Morgan fingerprint density at radius 1 is 1.15 bits per heavy atom. The molecule has 0 unspecified atom stereocenters. The summed E-state index contributed by atoms with van der Waals surface area (Å²) in [5, 5.41) is 14.8. The summed E-state index contributed by atoms with van der Waals surface area (Å²) in [5.41, 5.74) is 1.61.